The molecule has 0 spiro atoms. The average Bonchev–Trinajstić information content (AvgIpc) is 3.37. The Hall–Kier alpha value is -1.57. The van der Waals surface area contributed by atoms with Crippen LogP contribution < -0.4 is 0 Å². The van der Waals surface area contributed by atoms with Crippen molar-refractivity contribution in [3.05, 3.63) is 54.6 Å². The van der Waals surface area contributed by atoms with Crippen LogP contribution in [0, 0.1) is 5.92 Å². The topological polar surface area (TPSA) is 17.8 Å². The lowest BCUT2D eigenvalue weighted by Gasteiger charge is -2.28. The molecule has 0 aliphatic heterocycles. The summed E-state index contributed by atoms with van der Waals surface area (Å²) < 4.78 is 2.38. The maximum absolute atomic E-state index is 4.35. The van der Waals surface area contributed by atoms with Gasteiger partial charge in [-0.1, -0.05) is 140 Å². The van der Waals surface area contributed by atoms with Crippen LogP contribution in [0.4, 0.5) is 0 Å². The number of imidazole rings is 1. The Labute approximate surface area is 205 Å². The highest BCUT2D eigenvalue weighted by Crippen LogP contribution is 2.31. The molecule has 1 aromatic carbocycles. The molecule has 0 fully saturated rings. The summed E-state index contributed by atoms with van der Waals surface area (Å²) >= 11 is 0. The molecule has 33 heavy (non-hydrogen) atoms. The monoisotopic (exact) mass is 452 g/mol. The van der Waals surface area contributed by atoms with Gasteiger partial charge >= 0.3 is 0 Å². The molecule has 1 heterocycles. The standard InChI is InChI=1S/C31H52N2/c1-3-5-6-7-8-9-10-11-12-13-14-15-16-20-24-30(27-29-22-18-17-19-23-29)31(21-4-2)33-26-25-32-28-33/h17-19,22-23,25-26,28,30-31H,3-16,20-21,24,27H2,1-2H3. The first kappa shape index (κ1) is 27.7. The van der Waals surface area contributed by atoms with Gasteiger partial charge in [-0.25, -0.2) is 4.98 Å². The van der Waals surface area contributed by atoms with Gasteiger partial charge in [0.15, 0.2) is 0 Å². The molecule has 0 saturated carbocycles. The fourth-order valence-electron chi connectivity index (χ4n) is 5.34. The van der Waals surface area contributed by atoms with Gasteiger partial charge in [-0.3, -0.25) is 0 Å². The molecule has 0 amide bonds. The van der Waals surface area contributed by atoms with Crippen LogP contribution in [-0.4, -0.2) is 9.55 Å². The second-order valence-electron chi connectivity index (χ2n) is 10.2. The van der Waals surface area contributed by atoms with Crippen LogP contribution in [0.2, 0.25) is 0 Å². The minimum atomic E-state index is 0.569. The Morgan fingerprint density at radius 2 is 1.24 bits per heavy atom. The molecule has 186 valence electrons. The number of hydrogen-bond donors (Lipinski definition) is 0. The van der Waals surface area contributed by atoms with E-state index in [2.05, 4.69) is 59.9 Å². The Bertz CT molecular complexity index is 649. The molecule has 2 rings (SSSR count). The van der Waals surface area contributed by atoms with Crippen molar-refractivity contribution in [2.45, 2.75) is 135 Å². The molecule has 0 N–H and O–H groups in total. The van der Waals surface area contributed by atoms with E-state index in [4.69, 9.17) is 0 Å². The largest absolute Gasteiger partial charge is 0.334 e. The Kier molecular flexibility index (Phi) is 15.8. The summed E-state index contributed by atoms with van der Waals surface area (Å²) in [6, 6.07) is 11.7. The first-order valence-corrected chi connectivity index (χ1v) is 14.4. The molecule has 2 aromatic rings. The molecule has 0 bridgehead atoms. The fraction of sp³-hybridized carbons (Fsp3) is 0.710. The van der Waals surface area contributed by atoms with E-state index < -0.39 is 0 Å². The van der Waals surface area contributed by atoms with Crippen molar-refractivity contribution in [1.29, 1.82) is 0 Å². The summed E-state index contributed by atoms with van der Waals surface area (Å²) in [5, 5.41) is 0. The van der Waals surface area contributed by atoms with E-state index in [1.165, 1.54) is 121 Å². The number of nitrogens with zero attached hydrogens (tertiary/aromatic N) is 2. The van der Waals surface area contributed by atoms with Gasteiger partial charge in [-0.15, -0.1) is 0 Å². The highest BCUT2D eigenvalue weighted by molar-refractivity contribution is 5.15. The maximum atomic E-state index is 4.35. The predicted octanol–water partition coefficient (Wildman–Crippen LogP) is 9.95. The zero-order chi connectivity index (χ0) is 23.4. The lowest BCUT2D eigenvalue weighted by molar-refractivity contribution is 0.280. The minimum absolute atomic E-state index is 0.569. The maximum Gasteiger partial charge on any atom is 0.0948 e. The van der Waals surface area contributed by atoms with Gasteiger partial charge in [0.2, 0.25) is 0 Å². The van der Waals surface area contributed by atoms with Crippen molar-refractivity contribution in [2.75, 3.05) is 0 Å². The van der Waals surface area contributed by atoms with Gasteiger partial charge in [-0.2, -0.15) is 0 Å². The van der Waals surface area contributed by atoms with Crippen LogP contribution in [0.15, 0.2) is 49.1 Å². The highest BCUT2D eigenvalue weighted by Gasteiger charge is 2.22. The van der Waals surface area contributed by atoms with Gasteiger partial charge in [0, 0.05) is 18.4 Å². The van der Waals surface area contributed by atoms with Crippen molar-refractivity contribution in [1.82, 2.24) is 9.55 Å². The number of unbranched alkanes of at least 4 members (excludes halogenated alkanes) is 13. The molecule has 0 radical (unpaired) electrons. The third-order valence-electron chi connectivity index (χ3n) is 7.31. The van der Waals surface area contributed by atoms with E-state index in [1.54, 1.807) is 0 Å². The number of rotatable bonds is 21. The average molecular weight is 453 g/mol. The van der Waals surface area contributed by atoms with Gasteiger partial charge < -0.3 is 4.57 Å². The molecule has 2 heteroatoms. The number of hydrogen-bond acceptors (Lipinski definition) is 1. The normalized spacial score (nSPS) is 13.3. The van der Waals surface area contributed by atoms with Crippen LogP contribution in [0.3, 0.4) is 0 Å². The third-order valence-corrected chi connectivity index (χ3v) is 7.31. The van der Waals surface area contributed by atoms with E-state index in [0.29, 0.717) is 12.0 Å². The molecule has 0 aliphatic rings. The summed E-state index contributed by atoms with van der Waals surface area (Å²) in [4.78, 5) is 4.35. The second kappa shape index (κ2) is 18.8. The van der Waals surface area contributed by atoms with E-state index in [1.807, 2.05) is 12.5 Å². The van der Waals surface area contributed by atoms with Crippen LogP contribution >= 0.6 is 0 Å². The quantitative estimate of drug-likeness (QED) is 0.172. The molecular formula is C31H52N2. The van der Waals surface area contributed by atoms with Crippen LogP contribution in [0.25, 0.3) is 0 Å². The molecule has 2 atom stereocenters. The Balaban J connectivity index is 1.63. The van der Waals surface area contributed by atoms with E-state index in [-0.39, 0.29) is 0 Å². The summed E-state index contributed by atoms with van der Waals surface area (Å²) in [5.41, 5.74) is 1.48. The highest BCUT2D eigenvalue weighted by atomic mass is 15.1. The molecule has 2 nitrogen and oxygen atoms in total. The lowest BCUT2D eigenvalue weighted by atomic mass is 9.85. The third kappa shape index (κ3) is 12.5. The van der Waals surface area contributed by atoms with Crippen molar-refractivity contribution >= 4 is 0 Å². The zero-order valence-corrected chi connectivity index (χ0v) is 21.9. The molecule has 0 aliphatic carbocycles. The van der Waals surface area contributed by atoms with Crippen LogP contribution in [-0.2, 0) is 6.42 Å². The van der Waals surface area contributed by atoms with Crippen molar-refractivity contribution in [3.63, 3.8) is 0 Å². The molecule has 2 unspecified atom stereocenters. The first-order chi connectivity index (χ1) is 16.3. The molecule has 0 saturated heterocycles. The van der Waals surface area contributed by atoms with Gasteiger partial charge in [0.1, 0.15) is 0 Å². The Morgan fingerprint density at radius 3 is 1.76 bits per heavy atom. The fourth-order valence-corrected chi connectivity index (χ4v) is 5.34. The zero-order valence-electron chi connectivity index (χ0n) is 21.9. The van der Waals surface area contributed by atoms with Gasteiger partial charge in [0.25, 0.3) is 0 Å². The van der Waals surface area contributed by atoms with E-state index in [9.17, 15) is 0 Å². The predicted molar refractivity (Wildman–Crippen MR) is 145 cm³/mol. The smallest absolute Gasteiger partial charge is 0.0948 e. The molecule has 1 aromatic heterocycles. The van der Waals surface area contributed by atoms with Gasteiger partial charge in [-0.05, 0) is 30.7 Å². The summed E-state index contributed by atoms with van der Waals surface area (Å²) in [5.74, 6) is 0.693. The van der Waals surface area contributed by atoms with Crippen molar-refractivity contribution in [2.24, 2.45) is 5.92 Å². The number of benzene rings is 1. The second-order valence-corrected chi connectivity index (χ2v) is 10.2. The van der Waals surface area contributed by atoms with E-state index in [0.717, 1.165) is 0 Å². The Morgan fingerprint density at radius 1 is 0.667 bits per heavy atom. The number of aromatic nitrogens is 2. The van der Waals surface area contributed by atoms with Crippen LogP contribution in [0.5, 0.6) is 0 Å². The van der Waals surface area contributed by atoms with Crippen molar-refractivity contribution < 1.29 is 0 Å². The first-order valence-electron chi connectivity index (χ1n) is 14.4. The summed E-state index contributed by atoms with van der Waals surface area (Å²) in [6.45, 7) is 4.61. The van der Waals surface area contributed by atoms with Crippen LogP contribution in [0.1, 0.15) is 135 Å². The summed E-state index contributed by atoms with van der Waals surface area (Å²) in [7, 11) is 0. The lowest BCUT2D eigenvalue weighted by Crippen LogP contribution is -2.21. The van der Waals surface area contributed by atoms with Crippen molar-refractivity contribution in [3.8, 4) is 0 Å². The molecular weight excluding hydrogens is 400 g/mol. The summed E-state index contributed by atoms with van der Waals surface area (Å²) in [6.07, 6.45) is 31.1. The SMILES string of the molecule is CCCCCCCCCCCCCCCCC(Cc1ccccc1)C(CCC)n1ccnc1. The van der Waals surface area contributed by atoms with E-state index >= 15 is 0 Å². The van der Waals surface area contributed by atoms with Gasteiger partial charge in [0.05, 0.1) is 6.33 Å². The minimum Gasteiger partial charge on any atom is -0.334 e.